The van der Waals surface area contributed by atoms with Gasteiger partial charge in [0.15, 0.2) is 11.8 Å². The number of nitrogens with zero attached hydrogens (tertiary/aromatic N) is 5. The number of aromatic nitrogens is 4. The lowest BCUT2D eigenvalue weighted by Crippen LogP contribution is -2.40. The highest BCUT2D eigenvalue weighted by molar-refractivity contribution is 14.0. The molecule has 27 heavy (non-hydrogen) atoms. The largest absolute Gasteiger partial charge is 0.376 e. The lowest BCUT2D eigenvalue weighted by atomic mass is 10.2. The number of thiazole rings is 1. The van der Waals surface area contributed by atoms with Crippen molar-refractivity contribution in [1.82, 2.24) is 30.4 Å². The molecule has 0 aliphatic carbocycles. The highest BCUT2D eigenvalue weighted by atomic mass is 127. The van der Waals surface area contributed by atoms with Gasteiger partial charge in [0.05, 0.1) is 12.6 Å². The van der Waals surface area contributed by atoms with E-state index in [1.54, 1.807) is 11.3 Å². The number of hydrogen-bond donors (Lipinski definition) is 2. The van der Waals surface area contributed by atoms with Crippen LogP contribution in [0.2, 0.25) is 0 Å². The molecular formula is C17H28IN7OS. The summed E-state index contributed by atoms with van der Waals surface area (Å²) in [6, 6.07) is 0. The van der Waals surface area contributed by atoms with E-state index in [1.807, 2.05) is 24.7 Å². The third-order valence-corrected chi connectivity index (χ3v) is 5.58. The van der Waals surface area contributed by atoms with Crippen molar-refractivity contribution < 1.29 is 4.74 Å². The van der Waals surface area contributed by atoms with Crippen LogP contribution in [-0.2, 0) is 31.3 Å². The van der Waals surface area contributed by atoms with E-state index >= 15 is 0 Å². The van der Waals surface area contributed by atoms with E-state index in [0.29, 0.717) is 13.1 Å². The second-order valence-corrected chi connectivity index (χ2v) is 7.53. The molecule has 2 aromatic rings. The summed E-state index contributed by atoms with van der Waals surface area (Å²) < 4.78 is 7.64. The van der Waals surface area contributed by atoms with E-state index in [-0.39, 0.29) is 30.1 Å². The molecule has 1 fully saturated rings. The molecule has 8 nitrogen and oxygen atoms in total. The van der Waals surface area contributed by atoms with Gasteiger partial charge in [-0.3, -0.25) is 0 Å². The quantitative estimate of drug-likeness (QED) is 0.341. The topological polar surface area (TPSA) is 89.3 Å². The molecule has 1 atom stereocenters. The van der Waals surface area contributed by atoms with Crippen molar-refractivity contribution in [3.05, 3.63) is 27.7 Å². The Kier molecular flexibility index (Phi) is 8.90. The number of halogens is 1. The van der Waals surface area contributed by atoms with Crippen LogP contribution >= 0.6 is 35.3 Å². The molecule has 0 radical (unpaired) electrons. The Balaban J connectivity index is 0.00000261. The monoisotopic (exact) mass is 505 g/mol. The molecule has 1 saturated heterocycles. The number of aryl methyl sites for hydroxylation is 2. The van der Waals surface area contributed by atoms with Gasteiger partial charge in [-0.2, -0.15) is 0 Å². The fourth-order valence-electron chi connectivity index (χ4n) is 2.68. The summed E-state index contributed by atoms with van der Waals surface area (Å²) in [6.45, 7) is 6.80. The maximum Gasteiger partial charge on any atom is 0.192 e. The molecule has 3 rings (SSSR count). The minimum Gasteiger partial charge on any atom is -0.376 e. The molecule has 0 bridgehead atoms. The lowest BCUT2D eigenvalue weighted by Gasteiger charge is -2.15. The predicted octanol–water partition coefficient (Wildman–Crippen LogP) is 2.17. The minimum atomic E-state index is 0. The molecule has 1 unspecified atom stereocenters. The molecule has 2 N–H and O–H groups in total. The fraction of sp³-hybridized carbons (Fsp3) is 0.647. The Morgan fingerprint density at radius 2 is 2.26 bits per heavy atom. The van der Waals surface area contributed by atoms with Crippen LogP contribution in [-0.4, -0.2) is 45.0 Å². The van der Waals surface area contributed by atoms with Crippen LogP contribution in [0, 0.1) is 6.92 Å². The predicted molar refractivity (Wildman–Crippen MR) is 118 cm³/mol. The van der Waals surface area contributed by atoms with Gasteiger partial charge in [0.25, 0.3) is 0 Å². The Bertz CT molecular complexity index is 739. The SMILES string of the molecule is CCc1cnc(CNC(=NCc2nnc(C)n2C)NCC2CCCO2)s1.I. The van der Waals surface area contributed by atoms with Crippen LogP contribution in [0.3, 0.4) is 0 Å². The fourth-order valence-corrected chi connectivity index (χ4v) is 3.48. The van der Waals surface area contributed by atoms with Crippen molar-refractivity contribution in [3.8, 4) is 0 Å². The Labute approximate surface area is 181 Å². The van der Waals surface area contributed by atoms with E-state index in [0.717, 1.165) is 55.0 Å². The van der Waals surface area contributed by atoms with Gasteiger partial charge in [-0.05, 0) is 26.2 Å². The number of guanidine groups is 1. The first-order valence-electron chi connectivity index (χ1n) is 9.08. The summed E-state index contributed by atoms with van der Waals surface area (Å²) in [7, 11) is 1.95. The zero-order valence-corrected chi connectivity index (χ0v) is 19.2. The number of hydrogen-bond acceptors (Lipinski definition) is 6. The standard InChI is InChI=1S/C17H27N7OS.HI/c1-4-14-9-18-16(26-14)11-21-17(19-8-13-6-5-7-25-13)20-10-15-23-22-12(2)24(15)3;/h9,13H,4-8,10-11H2,1-3H3,(H2,19,20,21);1H. The summed E-state index contributed by atoms with van der Waals surface area (Å²) in [4.78, 5) is 10.4. The first-order valence-corrected chi connectivity index (χ1v) is 9.89. The van der Waals surface area contributed by atoms with Crippen LogP contribution in [0.4, 0.5) is 0 Å². The van der Waals surface area contributed by atoms with E-state index in [9.17, 15) is 0 Å². The second-order valence-electron chi connectivity index (χ2n) is 6.33. The van der Waals surface area contributed by atoms with Crippen LogP contribution in [0.5, 0.6) is 0 Å². The number of aliphatic imine (C=N–C) groups is 1. The van der Waals surface area contributed by atoms with Gasteiger partial charge in [0.2, 0.25) is 0 Å². The number of nitrogens with one attached hydrogen (secondary N) is 2. The first kappa shape index (κ1) is 22.0. The lowest BCUT2D eigenvalue weighted by molar-refractivity contribution is 0.114. The molecule has 1 aliphatic heterocycles. The third-order valence-electron chi connectivity index (χ3n) is 4.44. The van der Waals surface area contributed by atoms with Crippen molar-refractivity contribution in [3.63, 3.8) is 0 Å². The van der Waals surface area contributed by atoms with Crippen molar-refractivity contribution in [2.45, 2.75) is 52.3 Å². The molecule has 2 aromatic heterocycles. The van der Waals surface area contributed by atoms with Crippen molar-refractivity contribution in [2.75, 3.05) is 13.2 Å². The Hall–Kier alpha value is -1.27. The molecule has 3 heterocycles. The van der Waals surface area contributed by atoms with Crippen molar-refractivity contribution >= 4 is 41.3 Å². The molecule has 0 aromatic carbocycles. The smallest absolute Gasteiger partial charge is 0.192 e. The molecule has 0 spiro atoms. The van der Waals surface area contributed by atoms with E-state index in [1.165, 1.54) is 4.88 Å². The molecule has 1 aliphatic rings. The summed E-state index contributed by atoms with van der Waals surface area (Å²) in [6.07, 6.45) is 5.44. The zero-order chi connectivity index (χ0) is 18.4. The van der Waals surface area contributed by atoms with Crippen LogP contribution in [0.15, 0.2) is 11.2 Å². The first-order chi connectivity index (χ1) is 12.7. The van der Waals surface area contributed by atoms with Gasteiger partial charge in [-0.1, -0.05) is 6.92 Å². The summed E-state index contributed by atoms with van der Waals surface area (Å²) >= 11 is 1.73. The van der Waals surface area contributed by atoms with Gasteiger partial charge in [-0.15, -0.1) is 45.5 Å². The molecular weight excluding hydrogens is 477 g/mol. The van der Waals surface area contributed by atoms with Gasteiger partial charge < -0.3 is 19.9 Å². The summed E-state index contributed by atoms with van der Waals surface area (Å²) in [5, 5.41) is 16.1. The van der Waals surface area contributed by atoms with E-state index in [2.05, 4.69) is 37.7 Å². The molecule has 10 heteroatoms. The molecule has 0 saturated carbocycles. The second kappa shape index (κ2) is 10.9. The van der Waals surface area contributed by atoms with Gasteiger partial charge >= 0.3 is 0 Å². The average Bonchev–Trinajstić information content (AvgIpc) is 3.38. The van der Waals surface area contributed by atoms with Gasteiger partial charge in [0, 0.05) is 31.3 Å². The third kappa shape index (κ3) is 6.39. The van der Waals surface area contributed by atoms with Crippen LogP contribution in [0.25, 0.3) is 0 Å². The normalized spacial score (nSPS) is 17.0. The number of ether oxygens (including phenoxy) is 1. The maximum atomic E-state index is 5.69. The van der Waals surface area contributed by atoms with Crippen LogP contribution < -0.4 is 10.6 Å². The minimum absolute atomic E-state index is 0. The van der Waals surface area contributed by atoms with Gasteiger partial charge in [0.1, 0.15) is 17.4 Å². The summed E-state index contributed by atoms with van der Waals surface area (Å²) in [5.41, 5.74) is 0. The van der Waals surface area contributed by atoms with Crippen LogP contribution in [0.1, 0.15) is 41.3 Å². The Morgan fingerprint density at radius 3 is 2.89 bits per heavy atom. The van der Waals surface area contributed by atoms with E-state index in [4.69, 9.17) is 4.74 Å². The summed E-state index contributed by atoms with van der Waals surface area (Å²) in [5.74, 6) is 2.46. The molecule has 0 amide bonds. The maximum absolute atomic E-state index is 5.69. The van der Waals surface area contributed by atoms with E-state index < -0.39 is 0 Å². The molecule has 150 valence electrons. The van der Waals surface area contributed by atoms with Crippen molar-refractivity contribution in [1.29, 1.82) is 0 Å². The van der Waals surface area contributed by atoms with Gasteiger partial charge in [-0.25, -0.2) is 9.98 Å². The average molecular weight is 505 g/mol. The Morgan fingerprint density at radius 1 is 1.41 bits per heavy atom. The number of rotatable bonds is 7. The highest BCUT2D eigenvalue weighted by Crippen LogP contribution is 2.13. The highest BCUT2D eigenvalue weighted by Gasteiger charge is 2.16. The van der Waals surface area contributed by atoms with Crippen molar-refractivity contribution in [2.24, 2.45) is 12.0 Å². The zero-order valence-electron chi connectivity index (χ0n) is 16.1.